The van der Waals surface area contributed by atoms with Crippen LogP contribution in [0.15, 0.2) is 0 Å². The summed E-state index contributed by atoms with van der Waals surface area (Å²) in [5, 5.41) is 2.65. The molecule has 1 atom stereocenters. The van der Waals surface area contributed by atoms with Crippen molar-refractivity contribution in [2.45, 2.75) is 32.7 Å². The van der Waals surface area contributed by atoms with Gasteiger partial charge in [0.2, 0.25) is 5.91 Å². The molecule has 1 N–H and O–H groups in total. The Hall–Kier alpha value is -0.860. The number of ketones is 1. The van der Waals surface area contributed by atoms with Crippen molar-refractivity contribution >= 4 is 11.7 Å². The summed E-state index contributed by atoms with van der Waals surface area (Å²) < 4.78 is 0. The molecule has 0 saturated heterocycles. The number of rotatable bonds is 3. The number of nitrogens with one attached hydrogen (secondary N) is 1. The first kappa shape index (κ1) is 8.24. The van der Waals surface area contributed by atoms with Gasteiger partial charge in [0, 0.05) is 6.92 Å². The summed E-state index contributed by atoms with van der Waals surface area (Å²) in [5.74, 6) is 0.371. The zero-order chi connectivity index (χ0) is 8.43. The molecule has 3 nitrogen and oxygen atoms in total. The third-order valence-electron chi connectivity index (χ3n) is 1.89. The molecule has 1 aliphatic rings. The first-order valence-corrected chi connectivity index (χ1v) is 3.89. The Kier molecular flexibility index (Phi) is 2.27. The van der Waals surface area contributed by atoms with E-state index in [0.717, 1.165) is 12.8 Å². The molecule has 11 heavy (non-hydrogen) atoms. The van der Waals surface area contributed by atoms with Crippen molar-refractivity contribution in [2.24, 2.45) is 5.92 Å². The van der Waals surface area contributed by atoms with Gasteiger partial charge in [-0.25, -0.2) is 0 Å². The molecule has 1 saturated carbocycles. The third-order valence-corrected chi connectivity index (χ3v) is 1.89. The van der Waals surface area contributed by atoms with Gasteiger partial charge < -0.3 is 5.32 Å². The maximum Gasteiger partial charge on any atom is 0.217 e. The molecular formula is C8H13NO2. The van der Waals surface area contributed by atoms with Crippen LogP contribution in [0.1, 0.15) is 26.7 Å². The fourth-order valence-corrected chi connectivity index (χ4v) is 1.20. The highest BCUT2D eigenvalue weighted by Crippen LogP contribution is 2.32. The second-order valence-corrected chi connectivity index (χ2v) is 3.13. The molecule has 0 bridgehead atoms. The van der Waals surface area contributed by atoms with Crippen molar-refractivity contribution in [1.29, 1.82) is 0 Å². The summed E-state index contributed by atoms with van der Waals surface area (Å²) in [5.41, 5.74) is 0. The van der Waals surface area contributed by atoms with E-state index in [0.29, 0.717) is 5.92 Å². The van der Waals surface area contributed by atoms with Crippen LogP contribution in [0.2, 0.25) is 0 Å². The standard InChI is InChI=1S/C8H13NO2/c1-5(10)8(7-3-4-7)9-6(2)11/h7-8H,3-4H2,1-2H3,(H,9,11)/t8-/m1/s1. The summed E-state index contributed by atoms with van der Waals surface area (Å²) in [6.45, 7) is 2.97. The average Bonchev–Trinajstić information content (AvgIpc) is 2.63. The SMILES string of the molecule is CC(=O)N[C@H](C(C)=O)C1CC1. The second kappa shape index (κ2) is 3.03. The molecule has 0 heterocycles. The van der Waals surface area contributed by atoms with Gasteiger partial charge in [-0.15, -0.1) is 0 Å². The van der Waals surface area contributed by atoms with Crippen molar-refractivity contribution in [3.8, 4) is 0 Å². The number of hydrogen-bond donors (Lipinski definition) is 1. The Morgan fingerprint density at radius 3 is 2.18 bits per heavy atom. The highest BCUT2D eigenvalue weighted by atomic mass is 16.2. The maximum absolute atomic E-state index is 10.9. The fraction of sp³-hybridized carbons (Fsp3) is 0.750. The number of hydrogen-bond acceptors (Lipinski definition) is 2. The highest BCUT2D eigenvalue weighted by Gasteiger charge is 2.34. The monoisotopic (exact) mass is 155 g/mol. The lowest BCUT2D eigenvalue weighted by Crippen LogP contribution is -2.40. The molecule has 1 rings (SSSR count). The maximum atomic E-state index is 10.9. The predicted molar refractivity (Wildman–Crippen MR) is 41.0 cm³/mol. The van der Waals surface area contributed by atoms with Gasteiger partial charge in [-0.2, -0.15) is 0 Å². The Morgan fingerprint density at radius 1 is 1.36 bits per heavy atom. The minimum atomic E-state index is -0.215. The van der Waals surface area contributed by atoms with Crippen molar-refractivity contribution < 1.29 is 9.59 Å². The van der Waals surface area contributed by atoms with Crippen LogP contribution >= 0.6 is 0 Å². The van der Waals surface area contributed by atoms with Crippen LogP contribution < -0.4 is 5.32 Å². The highest BCUT2D eigenvalue weighted by molar-refractivity contribution is 5.87. The lowest BCUT2D eigenvalue weighted by atomic mass is 10.1. The van der Waals surface area contributed by atoms with E-state index in [4.69, 9.17) is 0 Å². The topological polar surface area (TPSA) is 46.2 Å². The van der Waals surface area contributed by atoms with Crippen LogP contribution in [-0.2, 0) is 9.59 Å². The van der Waals surface area contributed by atoms with E-state index in [1.165, 1.54) is 13.8 Å². The Labute approximate surface area is 66.2 Å². The van der Waals surface area contributed by atoms with E-state index in [9.17, 15) is 9.59 Å². The smallest absolute Gasteiger partial charge is 0.217 e. The molecule has 0 aliphatic heterocycles. The number of amides is 1. The molecule has 0 spiro atoms. The fourth-order valence-electron chi connectivity index (χ4n) is 1.20. The number of carbonyl (C=O) groups is 2. The lowest BCUT2D eigenvalue weighted by Gasteiger charge is -2.12. The minimum Gasteiger partial charge on any atom is -0.346 e. The third kappa shape index (κ3) is 2.33. The summed E-state index contributed by atoms with van der Waals surface area (Å²) in [6.07, 6.45) is 2.15. The summed E-state index contributed by atoms with van der Waals surface area (Å²) in [4.78, 5) is 21.6. The first-order valence-electron chi connectivity index (χ1n) is 3.89. The minimum absolute atomic E-state index is 0.0719. The van der Waals surface area contributed by atoms with E-state index in [-0.39, 0.29) is 17.7 Å². The van der Waals surface area contributed by atoms with Crippen LogP contribution in [-0.4, -0.2) is 17.7 Å². The zero-order valence-electron chi connectivity index (χ0n) is 6.89. The first-order chi connectivity index (χ1) is 5.11. The van der Waals surface area contributed by atoms with Crippen LogP contribution in [0.25, 0.3) is 0 Å². The van der Waals surface area contributed by atoms with Gasteiger partial charge in [-0.1, -0.05) is 0 Å². The molecule has 0 aromatic heterocycles. The van der Waals surface area contributed by atoms with E-state index in [2.05, 4.69) is 5.32 Å². The molecule has 1 amide bonds. The van der Waals surface area contributed by atoms with Gasteiger partial charge in [0.25, 0.3) is 0 Å². The van der Waals surface area contributed by atoms with E-state index in [1.54, 1.807) is 0 Å². The average molecular weight is 155 g/mol. The molecular weight excluding hydrogens is 142 g/mol. The lowest BCUT2D eigenvalue weighted by molar-refractivity contribution is -0.126. The van der Waals surface area contributed by atoms with E-state index in [1.807, 2.05) is 0 Å². The van der Waals surface area contributed by atoms with Gasteiger partial charge in [0.15, 0.2) is 5.78 Å². The molecule has 0 aromatic carbocycles. The largest absolute Gasteiger partial charge is 0.346 e. The number of Topliss-reactive ketones (excluding diaryl/α,β-unsaturated/α-hetero) is 1. The van der Waals surface area contributed by atoms with E-state index < -0.39 is 0 Å². The van der Waals surface area contributed by atoms with Gasteiger partial charge in [-0.3, -0.25) is 9.59 Å². The van der Waals surface area contributed by atoms with Gasteiger partial charge in [0.1, 0.15) is 0 Å². The van der Waals surface area contributed by atoms with Crippen molar-refractivity contribution in [3.63, 3.8) is 0 Å². The Morgan fingerprint density at radius 2 is 1.91 bits per heavy atom. The molecule has 1 fully saturated rings. The van der Waals surface area contributed by atoms with Gasteiger partial charge in [0.05, 0.1) is 6.04 Å². The van der Waals surface area contributed by atoms with Crippen LogP contribution in [0.5, 0.6) is 0 Å². The van der Waals surface area contributed by atoms with Gasteiger partial charge >= 0.3 is 0 Å². The predicted octanol–water partition coefficient (Wildman–Crippen LogP) is 0.490. The summed E-state index contributed by atoms with van der Waals surface area (Å²) in [7, 11) is 0. The molecule has 1 aliphatic carbocycles. The summed E-state index contributed by atoms with van der Waals surface area (Å²) >= 11 is 0. The summed E-state index contributed by atoms with van der Waals surface area (Å²) in [6, 6.07) is -0.215. The normalized spacial score (nSPS) is 19.1. The van der Waals surface area contributed by atoms with Crippen molar-refractivity contribution in [2.75, 3.05) is 0 Å². The zero-order valence-corrected chi connectivity index (χ0v) is 6.89. The molecule has 3 heteroatoms. The van der Waals surface area contributed by atoms with Crippen LogP contribution in [0.4, 0.5) is 0 Å². The Balaban J connectivity index is 2.45. The van der Waals surface area contributed by atoms with Gasteiger partial charge in [-0.05, 0) is 25.7 Å². The van der Waals surface area contributed by atoms with Crippen LogP contribution in [0, 0.1) is 5.92 Å². The molecule has 0 radical (unpaired) electrons. The molecule has 0 aromatic rings. The quantitative estimate of drug-likeness (QED) is 0.644. The van der Waals surface area contributed by atoms with Crippen molar-refractivity contribution in [3.05, 3.63) is 0 Å². The molecule has 0 unspecified atom stereocenters. The molecule has 62 valence electrons. The van der Waals surface area contributed by atoms with E-state index >= 15 is 0 Å². The van der Waals surface area contributed by atoms with Crippen LogP contribution in [0.3, 0.4) is 0 Å². The Bertz CT molecular complexity index is 185. The number of carbonyl (C=O) groups excluding carboxylic acids is 2. The second-order valence-electron chi connectivity index (χ2n) is 3.13. The van der Waals surface area contributed by atoms with Crippen molar-refractivity contribution in [1.82, 2.24) is 5.32 Å².